The van der Waals surface area contributed by atoms with E-state index >= 15 is 0 Å². The molecule has 3 heteroatoms. The van der Waals surface area contributed by atoms with E-state index in [2.05, 4.69) is 29.6 Å². The van der Waals surface area contributed by atoms with Crippen molar-refractivity contribution in [1.82, 2.24) is 5.32 Å². The number of benzene rings is 1. The van der Waals surface area contributed by atoms with Gasteiger partial charge in [-0.1, -0.05) is 12.1 Å². The molecule has 0 unspecified atom stereocenters. The number of thioether (sulfide) groups is 1. The molecule has 0 fully saturated rings. The summed E-state index contributed by atoms with van der Waals surface area (Å²) in [7, 11) is 1.95. The zero-order valence-corrected chi connectivity index (χ0v) is 9.24. The molecule has 1 aromatic rings. The molecule has 0 aliphatic carbocycles. The molecule has 0 spiro atoms. The zero-order valence-electron chi connectivity index (χ0n) is 8.42. The molecule has 0 bridgehead atoms. The quantitative estimate of drug-likeness (QED) is 0.729. The van der Waals surface area contributed by atoms with E-state index in [4.69, 9.17) is 0 Å². The van der Waals surface area contributed by atoms with Crippen LogP contribution in [0.15, 0.2) is 29.2 Å². The van der Waals surface area contributed by atoms with Gasteiger partial charge >= 0.3 is 0 Å². The first-order valence-electron chi connectivity index (χ1n) is 4.79. The molecule has 1 N–H and O–H groups in total. The van der Waals surface area contributed by atoms with Gasteiger partial charge in [-0.15, -0.1) is 11.8 Å². The molecule has 0 amide bonds. The minimum Gasteiger partial charge on any atom is -0.319 e. The Hall–Kier alpha value is -0.540. The Morgan fingerprint density at radius 2 is 2.00 bits per heavy atom. The summed E-state index contributed by atoms with van der Waals surface area (Å²) < 4.78 is 11.9. The van der Waals surface area contributed by atoms with Gasteiger partial charge < -0.3 is 5.32 Å². The monoisotopic (exact) mass is 213 g/mol. The highest BCUT2D eigenvalue weighted by atomic mass is 32.2. The van der Waals surface area contributed by atoms with Crippen LogP contribution in [-0.4, -0.2) is 26.0 Å². The average Bonchev–Trinajstić information content (AvgIpc) is 2.25. The summed E-state index contributed by atoms with van der Waals surface area (Å²) in [6.45, 7) is 0.739. The van der Waals surface area contributed by atoms with Crippen molar-refractivity contribution in [3.8, 4) is 0 Å². The molecule has 0 aliphatic heterocycles. The fourth-order valence-electron chi connectivity index (χ4n) is 1.18. The van der Waals surface area contributed by atoms with Gasteiger partial charge in [0.25, 0.3) is 0 Å². The lowest BCUT2D eigenvalue weighted by Gasteiger charge is -2.02. The lowest BCUT2D eigenvalue weighted by molar-refractivity contribution is 0.533. The smallest absolute Gasteiger partial charge is 0.0988 e. The average molecular weight is 213 g/mol. The molecule has 0 atom stereocenters. The second-order valence-electron chi connectivity index (χ2n) is 3.03. The van der Waals surface area contributed by atoms with Gasteiger partial charge in [-0.25, -0.2) is 0 Å². The van der Waals surface area contributed by atoms with Gasteiger partial charge in [-0.3, -0.25) is 4.39 Å². The maximum Gasteiger partial charge on any atom is 0.0988 e. The molecule has 0 aliphatic rings. The van der Waals surface area contributed by atoms with Crippen LogP contribution < -0.4 is 5.32 Å². The second-order valence-corrected chi connectivity index (χ2v) is 4.20. The maximum atomic E-state index is 11.9. The van der Waals surface area contributed by atoms with Gasteiger partial charge in [-0.05, 0) is 37.7 Å². The molecule has 0 radical (unpaired) electrons. The first kappa shape index (κ1) is 11.5. The molecule has 0 heterocycles. The van der Waals surface area contributed by atoms with Crippen molar-refractivity contribution in [2.75, 3.05) is 26.0 Å². The normalized spacial score (nSPS) is 10.4. The molecule has 0 aromatic heterocycles. The molecule has 78 valence electrons. The number of nitrogens with one attached hydrogen (secondary N) is 1. The number of hydrogen-bond donors (Lipinski definition) is 1. The molecular formula is C11H16FNS. The summed E-state index contributed by atoms with van der Waals surface area (Å²) in [5.41, 5.74) is 1.32. The fraction of sp³-hybridized carbons (Fsp3) is 0.455. The van der Waals surface area contributed by atoms with Crippen LogP contribution >= 0.6 is 11.8 Å². The Morgan fingerprint density at radius 3 is 2.57 bits per heavy atom. The van der Waals surface area contributed by atoms with Gasteiger partial charge in [0.15, 0.2) is 0 Å². The predicted octanol–water partition coefficient (Wildman–Crippen LogP) is 2.51. The standard InChI is InChI=1S/C11H16FNS/c1-13-8-6-10-2-4-11(5-3-10)14-9-7-12/h2-5,13H,6-9H2,1H3. The Labute approximate surface area is 89.1 Å². The molecule has 1 nitrogen and oxygen atoms in total. The van der Waals surface area contributed by atoms with E-state index < -0.39 is 0 Å². The van der Waals surface area contributed by atoms with Crippen molar-refractivity contribution < 1.29 is 4.39 Å². The predicted molar refractivity (Wildman–Crippen MR) is 60.8 cm³/mol. The van der Waals surface area contributed by atoms with Crippen LogP contribution in [0.5, 0.6) is 0 Å². The Balaban J connectivity index is 2.42. The van der Waals surface area contributed by atoms with Gasteiger partial charge in [0.05, 0.1) is 6.67 Å². The minimum atomic E-state index is -0.258. The van der Waals surface area contributed by atoms with E-state index in [9.17, 15) is 4.39 Å². The first-order chi connectivity index (χ1) is 6.86. The number of halogens is 1. The van der Waals surface area contributed by atoms with Crippen LogP contribution in [0.2, 0.25) is 0 Å². The van der Waals surface area contributed by atoms with E-state index in [-0.39, 0.29) is 6.67 Å². The largest absolute Gasteiger partial charge is 0.319 e. The maximum absolute atomic E-state index is 11.9. The number of hydrogen-bond acceptors (Lipinski definition) is 2. The second kappa shape index (κ2) is 6.85. The number of rotatable bonds is 6. The van der Waals surface area contributed by atoms with Gasteiger partial charge in [0, 0.05) is 10.6 Å². The Morgan fingerprint density at radius 1 is 1.29 bits per heavy atom. The number of alkyl halides is 1. The van der Waals surface area contributed by atoms with Crippen LogP contribution in [0.3, 0.4) is 0 Å². The first-order valence-corrected chi connectivity index (χ1v) is 5.77. The fourth-order valence-corrected chi connectivity index (χ4v) is 1.82. The highest BCUT2D eigenvalue weighted by molar-refractivity contribution is 7.99. The van der Waals surface area contributed by atoms with Gasteiger partial charge in [0.2, 0.25) is 0 Å². The van der Waals surface area contributed by atoms with E-state index in [1.165, 1.54) is 5.56 Å². The van der Waals surface area contributed by atoms with Crippen LogP contribution in [0.25, 0.3) is 0 Å². The molecule has 1 rings (SSSR count). The minimum absolute atomic E-state index is 0.258. The Kier molecular flexibility index (Phi) is 5.64. The van der Waals surface area contributed by atoms with E-state index in [0.717, 1.165) is 17.9 Å². The van der Waals surface area contributed by atoms with E-state index in [1.54, 1.807) is 11.8 Å². The lowest BCUT2D eigenvalue weighted by Crippen LogP contribution is -2.10. The van der Waals surface area contributed by atoms with Crippen LogP contribution in [0, 0.1) is 0 Å². The Bertz CT molecular complexity index is 221. The third kappa shape index (κ3) is 4.11. The lowest BCUT2D eigenvalue weighted by atomic mass is 10.1. The summed E-state index contributed by atoms with van der Waals surface area (Å²) in [4.78, 5) is 1.15. The highest BCUT2D eigenvalue weighted by Gasteiger charge is 1.95. The SMILES string of the molecule is CNCCc1ccc(SCCF)cc1. The summed E-state index contributed by atoms with van der Waals surface area (Å²) in [5.74, 6) is 0.551. The molecule has 14 heavy (non-hydrogen) atoms. The molecular weight excluding hydrogens is 197 g/mol. The summed E-state index contributed by atoms with van der Waals surface area (Å²) in [5, 5.41) is 3.11. The van der Waals surface area contributed by atoms with Gasteiger partial charge in [0.1, 0.15) is 0 Å². The van der Waals surface area contributed by atoms with Crippen molar-refractivity contribution in [3.63, 3.8) is 0 Å². The van der Waals surface area contributed by atoms with Crippen molar-refractivity contribution in [2.45, 2.75) is 11.3 Å². The molecule has 0 saturated heterocycles. The van der Waals surface area contributed by atoms with E-state index in [0.29, 0.717) is 5.75 Å². The van der Waals surface area contributed by atoms with Crippen LogP contribution in [-0.2, 0) is 6.42 Å². The third-order valence-corrected chi connectivity index (χ3v) is 2.90. The van der Waals surface area contributed by atoms with E-state index in [1.807, 2.05) is 7.05 Å². The van der Waals surface area contributed by atoms with Crippen LogP contribution in [0.4, 0.5) is 4.39 Å². The van der Waals surface area contributed by atoms with Crippen molar-refractivity contribution in [2.24, 2.45) is 0 Å². The van der Waals surface area contributed by atoms with Crippen molar-refractivity contribution in [1.29, 1.82) is 0 Å². The van der Waals surface area contributed by atoms with Crippen molar-refractivity contribution in [3.05, 3.63) is 29.8 Å². The zero-order chi connectivity index (χ0) is 10.2. The summed E-state index contributed by atoms with van der Waals surface area (Å²) in [6, 6.07) is 8.34. The van der Waals surface area contributed by atoms with Crippen molar-refractivity contribution >= 4 is 11.8 Å². The third-order valence-electron chi connectivity index (χ3n) is 1.93. The van der Waals surface area contributed by atoms with Gasteiger partial charge in [-0.2, -0.15) is 0 Å². The highest BCUT2D eigenvalue weighted by Crippen LogP contribution is 2.18. The summed E-state index contributed by atoms with van der Waals surface area (Å²) >= 11 is 1.56. The molecule has 0 saturated carbocycles. The molecule has 1 aromatic carbocycles. The topological polar surface area (TPSA) is 12.0 Å². The van der Waals surface area contributed by atoms with Crippen LogP contribution in [0.1, 0.15) is 5.56 Å². The summed E-state index contributed by atoms with van der Waals surface area (Å²) in [6.07, 6.45) is 1.05. The number of likely N-dealkylation sites (N-methyl/N-ethyl adjacent to an activating group) is 1.